The molecule has 0 saturated heterocycles. The Labute approximate surface area is 178 Å². The number of alkyl halides is 3. The molecule has 10 heteroatoms. The Morgan fingerprint density at radius 2 is 1.47 bits per heavy atom. The summed E-state index contributed by atoms with van der Waals surface area (Å²) in [5, 5.41) is 4.20. The molecule has 0 aliphatic rings. The Morgan fingerprint density at radius 3 is 2.09 bits per heavy atom. The summed E-state index contributed by atoms with van der Waals surface area (Å²) in [5.41, 5.74) is -3.06. The Bertz CT molecular complexity index is 1180. The van der Waals surface area contributed by atoms with Crippen molar-refractivity contribution in [3.8, 4) is 5.75 Å². The normalized spacial score (nSPS) is 11.1. The van der Waals surface area contributed by atoms with E-state index in [1.807, 2.05) is 5.32 Å². The van der Waals surface area contributed by atoms with Gasteiger partial charge >= 0.3 is 6.18 Å². The average Bonchev–Trinajstić information content (AvgIpc) is 2.74. The summed E-state index contributed by atoms with van der Waals surface area (Å²) in [6.45, 7) is 0. The predicted molar refractivity (Wildman–Crippen MR) is 107 cm³/mol. The maximum absolute atomic E-state index is 14.1. The molecule has 0 fully saturated rings. The third kappa shape index (κ3) is 5.02. The number of ether oxygens (including phenoxy) is 1. The van der Waals surface area contributed by atoms with Crippen LogP contribution in [0.3, 0.4) is 0 Å². The molecular formula is C22H15F5N2O3. The van der Waals surface area contributed by atoms with Crippen LogP contribution in [-0.4, -0.2) is 18.9 Å². The van der Waals surface area contributed by atoms with Gasteiger partial charge in [-0.2, -0.15) is 13.2 Å². The van der Waals surface area contributed by atoms with E-state index in [2.05, 4.69) is 5.32 Å². The number of hydrogen-bond donors (Lipinski definition) is 2. The molecular weight excluding hydrogens is 435 g/mol. The molecule has 3 aromatic rings. The lowest BCUT2D eigenvalue weighted by Gasteiger charge is -2.16. The van der Waals surface area contributed by atoms with Gasteiger partial charge in [-0.15, -0.1) is 0 Å². The zero-order valence-corrected chi connectivity index (χ0v) is 16.4. The summed E-state index contributed by atoms with van der Waals surface area (Å²) in [4.78, 5) is 24.5. The SMILES string of the molecule is COc1ccc(C(=O)Nc2ccc(NC(=O)c3ccccc3F)cc2C(F)(F)F)c(F)c1. The van der Waals surface area contributed by atoms with Crippen molar-refractivity contribution in [2.24, 2.45) is 0 Å². The monoisotopic (exact) mass is 450 g/mol. The number of amides is 2. The Balaban J connectivity index is 1.88. The van der Waals surface area contributed by atoms with Crippen LogP contribution in [-0.2, 0) is 6.18 Å². The van der Waals surface area contributed by atoms with E-state index < -0.39 is 46.4 Å². The Kier molecular flexibility index (Phi) is 6.42. The van der Waals surface area contributed by atoms with E-state index >= 15 is 0 Å². The zero-order valence-electron chi connectivity index (χ0n) is 16.4. The number of carbonyl (C=O) groups is 2. The first-order valence-electron chi connectivity index (χ1n) is 9.02. The molecule has 2 amide bonds. The van der Waals surface area contributed by atoms with E-state index in [-0.39, 0.29) is 17.0 Å². The Morgan fingerprint density at radius 1 is 0.812 bits per heavy atom. The fraction of sp³-hybridized carbons (Fsp3) is 0.0909. The summed E-state index contributed by atoms with van der Waals surface area (Å²) in [7, 11) is 1.29. The quantitative estimate of drug-likeness (QED) is 0.505. The van der Waals surface area contributed by atoms with Gasteiger partial charge < -0.3 is 15.4 Å². The molecule has 0 aliphatic heterocycles. The fourth-order valence-corrected chi connectivity index (χ4v) is 2.81. The number of hydrogen-bond acceptors (Lipinski definition) is 3. The van der Waals surface area contributed by atoms with E-state index in [4.69, 9.17) is 4.74 Å². The summed E-state index contributed by atoms with van der Waals surface area (Å²) in [5.74, 6) is -3.76. The van der Waals surface area contributed by atoms with E-state index in [1.165, 1.54) is 31.4 Å². The van der Waals surface area contributed by atoms with Crippen molar-refractivity contribution in [3.05, 3.63) is 89.0 Å². The van der Waals surface area contributed by atoms with Crippen molar-refractivity contribution in [1.82, 2.24) is 0 Å². The Hall–Kier alpha value is -3.95. The van der Waals surface area contributed by atoms with E-state index in [1.54, 1.807) is 0 Å². The summed E-state index contributed by atoms with van der Waals surface area (Å²) in [6.07, 6.45) is -4.92. The second-order valence-electron chi connectivity index (χ2n) is 6.49. The van der Waals surface area contributed by atoms with Crippen LogP contribution in [0.4, 0.5) is 33.3 Å². The van der Waals surface area contributed by atoms with E-state index in [0.717, 1.165) is 30.3 Å². The molecule has 0 aliphatic carbocycles. The first-order chi connectivity index (χ1) is 15.1. The van der Waals surface area contributed by atoms with Gasteiger partial charge in [-0.05, 0) is 42.5 Å². The minimum absolute atomic E-state index is 0.130. The molecule has 0 heterocycles. The topological polar surface area (TPSA) is 67.4 Å². The highest BCUT2D eigenvalue weighted by Gasteiger charge is 2.34. The van der Waals surface area contributed by atoms with E-state index in [9.17, 15) is 31.5 Å². The van der Waals surface area contributed by atoms with Crippen LogP contribution < -0.4 is 15.4 Å². The number of benzene rings is 3. The summed E-state index contributed by atoms with van der Waals surface area (Å²) < 4.78 is 73.3. The van der Waals surface area contributed by atoms with Crippen molar-refractivity contribution in [1.29, 1.82) is 0 Å². The molecule has 0 radical (unpaired) electrons. The zero-order chi connectivity index (χ0) is 23.5. The van der Waals surface area contributed by atoms with Crippen LogP contribution >= 0.6 is 0 Å². The summed E-state index contributed by atoms with van der Waals surface area (Å²) in [6, 6.07) is 10.8. The number of nitrogens with one attached hydrogen (secondary N) is 2. The molecule has 0 aromatic heterocycles. The molecule has 2 N–H and O–H groups in total. The number of anilines is 2. The van der Waals surface area contributed by atoms with Crippen molar-refractivity contribution in [3.63, 3.8) is 0 Å². The molecule has 0 bridgehead atoms. The van der Waals surface area contributed by atoms with Gasteiger partial charge in [0.25, 0.3) is 11.8 Å². The molecule has 5 nitrogen and oxygen atoms in total. The largest absolute Gasteiger partial charge is 0.497 e. The van der Waals surface area contributed by atoms with Gasteiger partial charge in [0.1, 0.15) is 17.4 Å². The molecule has 0 atom stereocenters. The molecule has 3 aromatic carbocycles. The summed E-state index contributed by atoms with van der Waals surface area (Å²) >= 11 is 0. The molecule has 0 unspecified atom stereocenters. The van der Waals surface area contributed by atoms with Gasteiger partial charge in [-0.1, -0.05) is 12.1 Å². The van der Waals surface area contributed by atoms with Gasteiger partial charge in [-0.25, -0.2) is 8.78 Å². The van der Waals surface area contributed by atoms with Crippen molar-refractivity contribution in [2.75, 3.05) is 17.7 Å². The lowest BCUT2D eigenvalue weighted by atomic mass is 10.1. The average molecular weight is 450 g/mol. The highest BCUT2D eigenvalue weighted by molar-refractivity contribution is 6.06. The molecule has 3 rings (SSSR count). The maximum Gasteiger partial charge on any atom is 0.418 e. The first kappa shape index (κ1) is 22.7. The number of rotatable bonds is 5. The van der Waals surface area contributed by atoms with Crippen LogP contribution in [0.25, 0.3) is 0 Å². The van der Waals surface area contributed by atoms with Gasteiger partial charge in [0.15, 0.2) is 0 Å². The third-order valence-corrected chi connectivity index (χ3v) is 4.37. The van der Waals surface area contributed by atoms with Crippen LogP contribution in [0.15, 0.2) is 60.7 Å². The van der Waals surface area contributed by atoms with Crippen molar-refractivity contribution >= 4 is 23.2 Å². The third-order valence-electron chi connectivity index (χ3n) is 4.37. The van der Waals surface area contributed by atoms with Gasteiger partial charge in [0.05, 0.1) is 29.5 Å². The van der Waals surface area contributed by atoms with Crippen molar-refractivity contribution < 1.29 is 36.3 Å². The highest BCUT2D eigenvalue weighted by Crippen LogP contribution is 2.37. The lowest BCUT2D eigenvalue weighted by molar-refractivity contribution is -0.136. The van der Waals surface area contributed by atoms with Crippen LogP contribution in [0, 0.1) is 11.6 Å². The van der Waals surface area contributed by atoms with Crippen LogP contribution in [0.1, 0.15) is 26.3 Å². The van der Waals surface area contributed by atoms with Gasteiger partial charge in [-0.3, -0.25) is 9.59 Å². The number of carbonyl (C=O) groups excluding carboxylic acids is 2. The molecule has 32 heavy (non-hydrogen) atoms. The smallest absolute Gasteiger partial charge is 0.418 e. The molecule has 0 spiro atoms. The van der Waals surface area contributed by atoms with Gasteiger partial charge in [0, 0.05) is 11.8 Å². The lowest BCUT2D eigenvalue weighted by Crippen LogP contribution is -2.19. The number of halogens is 5. The first-order valence-corrected chi connectivity index (χ1v) is 9.02. The van der Waals surface area contributed by atoms with Crippen LogP contribution in [0.5, 0.6) is 5.75 Å². The molecule has 0 saturated carbocycles. The highest BCUT2D eigenvalue weighted by atomic mass is 19.4. The second kappa shape index (κ2) is 9.04. The minimum Gasteiger partial charge on any atom is -0.497 e. The van der Waals surface area contributed by atoms with Gasteiger partial charge in [0.2, 0.25) is 0 Å². The second-order valence-corrected chi connectivity index (χ2v) is 6.49. The van der Waals surface area contributed by atoms with E-state index in [0.29, 0.717) is 6.07 Å². The fourth-order valence-electron chi connectivity index (χ4n) is 2.81. The van der Waals surface area contributed by atoms with Crippen LogP contribution in [0.2, 0.25) is 0 Å². The molecule has 166 valence electrons. The maximum atomic E-state index is 14.1. The van der Waals surface area contributed by atoms with Crippen molar-refractivity contribution in [2.45, 2.75) is 6.18 Å². The minimum atomic E-state index is -4.92. The predicted octanol–water partition coefficient (Wildman–Crippen LogP) is 5.50. The standard InChI is InChI=1S/C22H15F5N2O3/c1-32-13-7-8-15(18(24)11-13)21(31)29-19-9-6-12(10-16(19)22(25,26)27)28-20(30)14-4-2-3-5-17(14)23/h2-11H,1H3,(H,28,30)(H,29,31). The number of methoxy groups -OCH3 is 1.